The van der Waals surface area contributed by atoms with E-state index < -0.39 is 0 Å². The highest BCUT2D eigenvalue weighted by molar-refractivity contribution is 9.10. The Morgan fingerprint density at radius 3 is 2.83 bits per heavy atom. The number of carbonyl (C=O) groups is 1. The fourth-order valence-corrected chi connectivity index (χ4v) is 3.35. The molecule has 0 unspecified atom stereocenters. The Balaban J connectivity index is 1.94. The van der Waals surface area contributed by atoms with Crippen molar-refractivity contribution in [3.63, 3.8) is 0 Å². The van der Waals surface area contributed by atoms with E-state index in [4.69, 9.17) is 4.74 Å². The SMILES string of the molecule is CCCCNc1cc(Br)cnc1N1CCC(CC(=O)OCC)CC1. The van der Waals surface area contributed by atoms with E-state index >= 15 is 0 Å². The second kappa shape index (κ2) is 9.87. The van der Waals surface area contributed by atoms with Gasteiger partial charge in [-0.1, -0.05) is 13.3 Å². The second-order valence-electron chi connectivity index (χ2n) is 6.24. The third-order valence-corrected chi connectivity index (χ3v) is 4.79. The molecular weight excluding hydrogens is 370 g/mol. The molecular formula is C18H28BrN3O2. The van der Waals surface area contributed by atoms with E-state index in [0.29, 0.717) is 18.9 Å². The highest BCUT2D eigenvalue weighted by Crippen LogP contribution is 2.31. The number of esters is 1. The summed E-state index contributed by atoms with van der Waals surface area (Å²) < 4.78 is 6.05. The lowest BCUT2D eigenvalue weighted by molar-refractivity contribution is -0.144. The molecule has 0 radical (unpaired) electrons. The summed E-state index contributed by atoms with van der Waals surface area (Å²) in [5.74, 6) is 1.37. The fourth-order valence-electron chi connectivity index (χ4n) is 3.02. The molecule has 1 aliphatic heterocycles. The van der Waals surface area contributed by atoms with Gasteiger partial charge in [-0.2, -0.15) is 0 Å². The molecule has 1 fully saturated rings. The lowest BCUT2D eigenvalue weighted by Crippen LogP contribution is -2.35. The van der Waals surface area contributed by atoms with E-state index in [2.05, 4.69) is 44.1 Å². The third-order valence-electron chi connectivity index (χ3n) is 4.35. The highest BCUT2D eigenvalue weighted by Gasteiger charge is 2.24. The monoisotopic (exact) mass is 397 g/mol. The highest BCUT2D eigenvalue weighted by atomic mass is 79.9. The van der Waals surface area contributed by atoms with Gasteiger partial charge in [-0.15, -0.1) is 0 Å². The van der Waals surface area contributed by atoms with Crippen LogP contribution in [-0.2, 0) is 9.53 Å². The van der Waals surface area contributed by atoms with Crippen LogP contribution in [0.15, 0.2) is 16.7 Å². The Morgan fingerprint density at radius 2 is 2.17 bits per heavy atom. The lowest BCUT2D eigenvalue weighted by Gasteiger charge is -2.33. The van der Waals surface area contributed by atoms with Crippen molar-refractivity contribution in [3.05, 3.63) is 16.7 Å². The molecule has 0 amide bonds. The molecule has 5 nitrogen and oxygen atoms in total. The van der Waals surface area contributed by atoms with Crippen LogP contribution in [0.4, 0.5) is 11.5 Å². The molecule has 0 aliphatic carbocycles. The standard InChI is InChI=1S/C18H28BrN3O2/c1-3-5-8-20-16-12-15(19)13-21-18(16)22-9-6-14(7-10-22)11-17(23)24-4-2/h12-14,20H,3-11H2,1-2H3. The largest absolute Gasteiger partial charge is 0.466 e. The maximum Gasteiger partial charge on any atom is 0.306 e. The quantitative estimate of drug-likeness (QED) is 0.525. The van der Waals surface area contributed by atoms with Crippen LogP contribution < -0.4 is 10.2 Å². The van der Waals surface area contributed by atoms with Gasteiger partial charge in [-0.25, -0.2) is 4.98 Å². The maximum absolute atomic E-state index is 11.6. The predicted molar refractivity (Wildman–Crippen MR) is 102 cm³/mol. The fraction of sp³-hybridized carbons (Fsp3) is 0.667. The van der Waals surface area contributed by atoms with Crippen molar-refractivity contribution in [2.45, 2.75) is 46.0 Å². The first-order valence-corrected chi connectivity index (χ1v) is 9.73. The normalized spacial score (nSPS) is 15.4. The minimum Gasteiger partial charge on any atom is -0.466 e. The maximum atomic E-state index is 11.6. The summed E-state index contributed by atoms with van der Waals surface area (Å²) in [7, 11) is 0. The Labute approximate surface area is 153 Å². The van der Waals surface area contributed by atoms with E-state index in [0.717, 1.165) is 54.9 Å². The van der Waals surface area contributed by atoms with Crippen molar-refractivity contribution in [1.29, 1.82) is 0 Å². The van der Waals surface area contributed by atoms with Gasteiger partial charge in [0, 0.05) is 36.7 Å². The number of pyridine rings is 1. The summed E-state index contributed by atoms with van der Waals surface area (Å²) in [6.07, 6.45) is 6.72. The molecule has 0 spiro atoms. The van der Waals surface area contributed by atoms with Crippen molar-refractivity contribution >= 4 is 33.4 Å². The molecule has 1 saturated heterocycles. The van der Waals surface area contributed by atoms with Crippen molar-refractivity contribution in [2.24, 2.45) is 5.92 Å². The number of piperidine rings is 1. The lowest BCUT2D eigenvalue weighted by atomic mass is 9.93. The predicted octanol–water partition coefficient (Wildman–Crippen LogP) is 4.23. The van der Waals surface area contributed by atoms with E-state index in [1.54, 1.807) is 0 Å². The van der Waals surface area contributed by atoms with Crippen LogP contribution in [0.3, 0.4) is 0 Å². The van der Waals surface area contributed by atoms with Gasteiger partial charge in [0.15, 0.2) is 5.82 Å². The van der Waals surface area contributed by atoms with Crippen LogP contribution >= 0.6 is 15.9 Å². The molecule has 0 aromatic carbocycles. The number of anilines is 2. The number of rotatable bonds is 8. The van der Waals surface area contributed by atoms with E-state index in [1.807, 2.05) is 13.1 Å². The minimum absolute atomic E-state index is 0.0698. The molecule has 24 heavy (non-hydrogen) atoms. The molecule has 6 heteroatoms. The summed E-state index contributed by atoms with van der Waals surface area (Å²) in [4.78, 5) is 18.6. The molecule has 134 valence electrons. The van der Waals surface area contributed by atoms with Gasteiger partial charge in [0.2, 0.25) is 0 Å². The van der Waals surface area contributed by atoms with Gasteiger partial charge in [0.25, 0.3) is 0 Å². The Kier molecular flexibility index (Phi) is 7.82. The van der Waals surface area contributed by atoms with E-state index in [9.17, 15) is 4.79 Å². The first kappa shape index (κ1) is 19.0. The van der Waals surface area contributed by atoms with E-state index in [1.165, 1.54) is 6.42 Å². The summed E-state index contributed by atoms with van der Waals surface area (Å²) in [5.41, 5.74) is 1.08. The minimum atomic E-state index is -0.0698. The van der Waals surface area contributed by atoms with Crippen LogP contribution in [-0.4, -0.2) is 37.2 Å². The van der Waals surface area contributed by atoms with Crippen LogP contribution in [0.2, 0.25) is 0 Å². The Bertz CT molecular complexity index is 531. The van der Waals surface area contributed by atoms with Crippen LogP contribution in [0.5, 0.6) is 0 Å². The summed E-state index contributed by atoms with van der Waals surface area (Å²) in [6.45, 7) is 7.33. The summed E-state index contributed by atoms with van der Waals surface area (Å²) in [6, 6.07) is 2.10. The number of carbonyl (C=O) groups excluding carboxylic acids is 1. The number of aromatic nitrogens is 1. The van der Waals surface area contributed by atoms with Crippen LogP contribution in [0.1, 0.15) is 46.0 Å². The van der Waals surface area contributed by atoms with Crippen LogP contribution in [0.25, 0.3) is 0 Å². The summed E-state index contributed by atoms with van der Waals surface area (Å²) >= 11 is 3.51. The molecule has 2 heterocycles. The molecule has 2 rings (SSSR count). The Hall–Kier alpha value is -1.30. The van der Waals surface area contributed by atoms with Gasteiger partial charge in [-0.3, -0.25) is 4.79 Å². The van der Waals surface area contributed by atoms with Gasteiger partial charge >= 0.3 is 5.97 Å². The number of ether oxygens (including phenoxy) is 1. The zero-order valence-corrected chi connectivity index (χ0v) is 16.3. The zero-order chi connectivity index (χ0) is 17.4. The number of nitrogens with zero attached hydrogens (tertiary/aromatic N) is 2. The zero-order valence-electron chi connectivity index (χ0n) is 14.7. The smallest absolute Gasteiger partial charge is 0.306 e. The number of hydrogen-bond acceptors (Lipinski definition) is 5. The average Bonchev–Trinajstić information content (AvgIpc) is 2.56. The number of hydrogen-bond donors (Lipinski definition) is 1. The van der Waals surface area contributed by atoms with Gasteiger partial charge in [0.05, 0.1) is 12.3 Å². The average molecular weight is 398 g/mol. The molecule has 1 aromatic heterocycles. The molecule has 0 bridgehead atoms. The van der Waals surface area contributed by atoms with Gasteiger partial charge < -0.3 is 15.0 Å². The number of halogens is 1. The van der Waals surface area contributed by atoms with Crippen molar-refractivity contribution < 1.29 is 9.53 Å². The van der Waals surface area contributed by atoms with Crippen molar-refractivity contribution in [2.75, 3.05) is 36.5 Å². The molecule has 0 saturated carbocycles. The molecule has 1 aromatic rings. The molecule has 1 aliphatic rings. The van der Waals surface area contributed by atoms with Crippen molar-refractivity contribution in [3.8, 4) is 0 Å². The van der Waals surface area contributed by atoms with Crippen LogP contribution in [0, 0.1) is 5.92 Å². The van der Waals surface area contributed by atoms with Crippen molar-refractivity contribution in [1.82, 2.24) is 4.98 Å². The van der Waals surface area contributed by atoms with E-state index in [-0.39, 0.29) is 5.97 Å². The Morgan fingerprint density at radius 1 is 1.42 bits per heavy atom. The molecule has 0 atom stereocenters. The number of unbranched alkanes of at least 4 members (excludes halogenated alkanes) is 1. The van der Waals surface area contributed by atoms with Gasteiger partial charge in [-0.05, 0) is 54.1 Å². The topological polar surface area (TPSA) is 54.5 Å². The first-order valence-electron chi connectivity index (χ1n) is 8.94. The summed E-state index contributed by atoms with van der Waals surface area (Å²) in [5, 5.41) is 3.50. The number of nitrogens with one attached hydrogen (secondary N) is 1. The first-order chi connectivity index (χ1) is 11.6. The molecule has 1 N–H and O–H groups in total. The second-order valence-corrected chi connectivity index (χ2v) is 7.16. The van der Waals surface area contributed by atoms with Gasteiger partial charge in [0.1, 0.15) is 0 Å². The third kappa shape index (κ3) is 5.65.